The first-order valence-electron chi connectivity index (χ1n) is 5.47. The van der Waals surface area contributed by atoms with Gasteiger partial charge in [0.1, 0.15) is 6.04 Å². The van der Waals surface area contributed by atoms with E-state index in [0.717, 1.165) is 0 Å². The molecule has 17 heavy (non-hydrogen) atoms. The van der Waals surface area contributed by atoms with E-state index in [-0.39, 0.29) is 17.5 Å². The number of hydrogen-bond acceptors (Lipinski definition) is 3. The third kappa shape index (κ3) is 4.61. The van der Waals surface area contributed by atoms with Gasteiger partial charge in [-0.05, 0) is 33.8 Å². The summed E-state index contributed by atoms with van der Waals surface area (Å²) in [4.78, 5) is 15.7. The van der Waals surface area contributed by atoms with Crippen molar-refractivity contribution in [3.63, 3.8) is 0 Å². The van der Waals surface area contributed by atoms with Crippen molar-refractivity contribution in [1.82, 2.24) is 10.3 Å². The SMILES string of the molecule is CC(Nc1ccncc1Cl)C(=O)NC(C)(C)C. The lowest BCUT2D eigenvalue weighted by Gasteiger charge is -2.24. The standard InChI is InChI=1S/C12H18ClN3O/c1-8(11(17)16-12(2,3)4)15-10-5-6-14-7-9(10)13/h5-8H,1-4H3,(H,14,15)(H,16,17). The van der Waals surface area contributed by atoms with Crippen molar-refractivity contribution in [1.29, 1.82) is 0 Å². The molecule has 1 heterocycles. The van der Waals surface area contributed by atoms with Crippen LogP contribution in [0.3, 0.4) is 0 Å². The average Bonchev–Trinajstić information content (AvgIpc) is 2.18. The number of carbonyl (C=O) groups is 1. The molecular formula is C12H18ClN3O. The zero-order chi connectivity index (χ0) is 13.1. The predicted octanol–water partition coefficient (Wildman–Crippen LogP) is 2.45. The van der Waals surface area contributed by atoms with Crippen molar-refractivity contribution in [2.45, 2.75) is 39.3 Å². The van der Waals surface area contributed by atoms with Gasteiger partial charge in [-0.25, -0.2) is 0 Å². The highest BCUT2D eigenvalue weighted by atomic mass is 35.5. The Labute approximate surface area is 107 Å². The van der Waals surface area contributed by atoms with Crippen molar-refractivity contribution in [3.05, 3.63) is 23.5 Å². The number of hydrogen-bond donors (Lipinski definition) is 2. The summed E-state index contributed by atoms with van der Waals surface area (Å²) in [5, 5.41) is 6.45. The van der Waals surface area contributed by atoms with Crippen LogP contribution in [0.5, 0.6) is 0 Å². The zero-order valence-corrected chi connectivity index (χ0v) is 11.3. The molecule has 0 bridgehead atoms. The molecule has 0 aliphatic heterocycles. The topological polar surface area (TPSA) is 54.0 Å². The second-order valence-corrected chi connectivity index (χ2v) is 5.37. The maximum absolute atomic E-state index is 11.8. The maximum Gasteiger partial charge on any atom is 0.242 e. The fraction of sp³-hybridized carbons (Fsp3) is 0.500. The lowest BCUT2D eigenvalue weighted by Crippen LogP contribution is -2.47. The van der Waals surface area contributed by atoms with Gasteiger partial charge in [0, 0.05) is 17.9 Å². The minimum Gasteiger partial charge on any atom is -0.373 e. The third-order valence-electron chi connectivity index (χ3n) is 2.04. The molecule has 0 aliphatic rings. The number of carbonyl (C=O) groups excluding carboxylic acids is 1. The maximum atomic E-state index is 11.8. The Morgan fingerprint density at radius 3 is 2.65 bits per heavy atom. The van der Waals surface area contributed by atoms with Gasteiger partial charge in [0.25, 0.3) is 0 Å². The van der Waals surface area contributed by atoms with Gasteiger partial charge in [-0.15, -0.1) is 0 Å². The lowest BCUT2D eigenvalue weighted by atomic mass is 10.1. The molecule has 0 spiro atoms. The second kappa shape index (κ2) is 5.36. The number of rotatable bonds is 3. The summed E-state index contributed by atoms with van der Waals surface area (Å²) in [5.41, 5.74) is 0.466. The van der Waals surface area contributed by atoms with Crippen LogP contribution < -0.4 is 10.6 Å². The van der Waals surface area contributed by atoms with Crippen molar-refractivity contribution >= 4 is 23.2 Å². The highest BCUT2D eigenvalue weighted by Crippen LogP contribution is 2.19. The lowest BCUT2D eigenvalue weighted by molar-refractivity contribution is -0.122. The van der Waals surface area contributed by atoms with E-state index in [2.05, 4.69) is 15.6 Å². The van der Waals surface area contributed by atoms with E-state index in [9.17, 15) is 4.79 Å². The minimum atomic E-state index is -0.353. The third-order valence-corrected chi connectivity index (χ3v) is 2.34. The number of nitrogens with zero attached hydrogens (tertiary/aromatic N) is 1. The van der Waals surface area contributed by atoms with E-state index in [1.54, 1.807) is 19.2 Å². The molecule has 0 saturated carbocycles. The molecule has 1 aromatic heterocycles. The van der Waals surface area contributed by atoms with Gasteiger partial charge in [0.15, 0.2) is 0 Å². The van der Waals surface area contributed by atoms with Crippen LogP contribution in [0.2, 0.25) is 5.02 Å². The van der Waals surface area contributed by atoms with Gasteiger partial charge < -0.3 is 10.6 Å². The molecule has 94 valence electrons. The molecule has 1 amide bonds. The zero-order valence-electron chi connectivity index (χ0n) is 10.5. The molecule has 1 aromatic rings. The van der Waals surface area contributed by atoms with Crippen LogP contribution in [-0.4, -0.2) is 22.5 Å². The fourth-order valence-corrected chi connectivity index (χ4v) is 1.44. The first-order chi connectivity index (χ1) is 7.79. The summed E-state index contributed by atoms with van der Waals surface area (Å²) >= 11 is 5.95. The molecule has 5 heteroatoms. The van der Waals surface area contributed by atoms with E-state index >= 15 is 0 Å². The predicted molar refractivity (Wildman–Crippen MR) is 70.2 cm³/mol. The molecule has 0 radical (unpaired) electrons. The normalized spacial score (nSPS) is 13.0. The summed E-state index contributed by atoms with van der Waals surface area (Å²) < 4.78 is 0. The summed E-state index contributed by atoms with van der Waals surface area (Å²) in [6.07, 6.45) is 3.17. The van der Waals surface area contributed by atoms with Crippen LogP contribution >= 0.6 is 11.6 Å². The molecule has 0 aromatic carbocycles. The van der Waals surface area contributed by atoms with Crippen molar-refractivity contribution in [2.24, 2.45) is 0 Å². The molecule has 1 unspecified atom stereocenters. The summed E-state index contributed by atoms with van der Waals surface area (Å²) in [6.45, 7) is 7.61. The van der Waals surface area contributed by atoms with Gasteiger partial charge in [-0.3, -0.25) is 9.78 Å². The Morgan fingerprint density at radius 2 is 2.12 bits per heavy atom. The number of pyridine rings is 1. The largest absolute Gasteiger partial charge is 0.373 e. The molecule has 1 atom stereocenters. The van der Waals surface area contributed by atoms with Gasteiger partial charge in [-0.1, -0.05) is 11.6 Å². The summed E-state index contributed by atoms with van der Waals surface area (Å²) in [7, 11) is 0. The molecule has 0 aliphatic carbocycles. The number of anilines is 1. The van der Waals surface area contributed by atoms with E-state index in [4.69, 9.17) is 11.6 Å². The Kier molecular flexibility index (Phi) is 4.34. The Hall–Kier alpha value is -1.29. The second-order valence-electron chi connectivity index (χ2n) is 4.96. The monoisotopic (exact) mass is 255 g/mol. The molecule has 0 fully saturated rings. The molecule has 2 N–H and O–H groups in total. The van der Waals surface area contributed by atoms with Gasteiger partial charge >= 0.3 is 0 Å². The van der Waals surface area contributed by atoms with E-state index < -0.39 is 0 Å². The smallest absolute Gasteiger partial charge is 0.242 e. The highest BCUT2D eigenvalue weighted by Gasteiger charge is 2.19. The van der Waals surface area contributed by atoms with Gasteiger partial charge in [-0.2, -0.15) is 0 Å². The minimum absolute atomic E-state index is 0.0645. The number of halogens is 1. The number of aromatic nitrogens is 1. The van der Waals surface area contributed by atoms with Crippen LogP contribution in [0.15, 0.2) is 18.5 Å². The first kappa shape index (κ1) is 13.8. The molecular weight excluding hydrogens is 238 g/mol. The van der Waals surface area contributed by atoms with Crippen molar-refractivity contribution in [2.75, 3.05) is 5.32 Å². The highest BCUT2D eigenvalue weighted by molar-refractivity contribution is 6.33. The summed E-state index contributed by atoms with van der Waals surface area (Å²) in [6, 6.07) is 1.39. The first-order valence-corrected chi connectivity index (χ1v) is 5.85. The number of amides is 1. The van der Waals surface area contributed by atoms with Crippen LogP contribution in [0.1, 0.15) is 27.7 Å². The molecule has 4 nitrogen and oxygen atoms in total. The average molecular weight is 256 g/mol. The number of nitrogens with one attached hydrogen (secondary N) is 2. The molecule has 0 saturated heterocycles. The van der Waals surface area contributed by atoms with Gasteiger partial charge in [0.2, 0.25) is 5.91 Å². The van der Waals surface area contributed by atoms with E-state index in [1.807, 2.05) is 20.8 Å². The van der Waals surface area contributed by atoms with E-state index in [1.165, 1.54) is 6.20 Å². The Balaban J connectivity index is 2.64. The summed E-state index contributed by atoms with van der Waals surface area (Å²) in [5.74, 6) is -0.0645. The quantitative estimate of drug-likeness (QED) is 0.872. The van der Waals surface area contributed by atoms with Gasteiger partial charge in [0.05, 0.1) is 10.7 Å². The van der Waals surface area contributed by atoms with Crippen LogP contribution in [0, 0.1) is 0 Å². The van der Waals surface area contributed by atoms with Crippen LogP contribution in [-0.2, 0) is 4.79 Å². The van der Waals surface area contributed by atoms with Crippen molar-refractivity contribution < 1.29 is 4.79 Å². The van der Waals surface area contributed by atoms with Crippen LogP contribution in [0.25, 0.3) is 0 Å². The van der Waals surface area contributed by atoms with Crippen molar-refractivity contribution in [3.8, 4) is 0 Å². The van der Waals surface area contributed by atoms with E-state index in [0.29, 0.717) is 10.7 Å². The van der Waals surface area contributed by atoms with Crippen LogP contribution in [0.4, 0.5) is 5.69 Å². The fourth-order valence-electron chi connectivity index (χ4n) is 1.27. The molecule has 1 rings (SSSR count). The Bertz CT molecular complexity index is 401. The Morgan fingerprint density at radius 1 is 1.47 bits per heavy atom.